The van der Waals surface area contributed by atoms with Gasteiger partial charge in [0.1, 0.15) is 12.3 Å². The summed E-state index contributed by atoms with van der Waals surface area (Å²) < 4.78 is 12.6. The number of esters is 1. The fourth-order valence-electron chi connectivity index (χ4n) is 6.33. The molecule has 1 N–H and O–H groups in total. The predicted octanol–water partition coefficient (Wildman–Crippen LogP) is 5.86. The molecule has 0 radical (unpaired) electrons. The summed E-state index contributed by atoms with van der Waals surface area (Å²) in [7, 11) is 1.39. The van der Waals surface area contributed by atoms with Gasteiger partial charge in [0, 0.05) is 18.5 Å². The molecular formula is C32H34N2O5. The SMILES string of the molecule is COC(=O)c1ccc2c(C3CCCCC3)c(-c3ccc4cc(O)ccc4c3)n(CC(=O)N3CCOCC3)c2c1. The maximum atomic E-state index is 13.6. The van der Waals surface area contributed by atoms with Gasteiger partial charge in [-0.15, -0.1) is 0 Å². The van der Waals surface area contributed by atoms with Crippen molar-refractivity contribution in [3.63, 3.8) is 0 Å². The van der Waals surface area contributed by atoms with Crippen LogP contribution in [0.2, 0.25) is 0 Å². The lowest BCUT2D eigenvalue weighted by Gasteiger charge is -2.28. The Morgan fingerprint density at radius 2 is 1.69 bits per heavy atom. The van der Waals surface area contributed by atoms with E-state index in [1.807, 2.05) is 35.2 Å². The van der Waals surface area contributed by atoms with Gasteiger partial charge in [0.05, 0.1) is 37.1 Å². The molecule has 0 spiro atoms. The van der Waals surface area contributed by atoms with Crippen LogP contribution in [0, 0.1) is 0 Å². The number of fused-ring (bicyclic) bond motifs is 2. The summed E-state index contributed by atoms with van der Waals surface area (Å²) in [6.45, 7) is 2.42. The molecule has 4 aromatic rings. The van der Waals surface area contributed by atoms with Gasteiger partial charge in [-0.05, 0) is 71.0 Å². The van der Waals surface area contributed by atoms with Crippen molar-refractivity contribution in [3.05, 3.63) is 65.7 Å². The molecule has 7 nitrogen and oxygen atoms in total. The summed E-state index contributed by atoms with van der Waals surface area (Å²) in [4.78, 5) is 28.0. The largest absolute Gasteiger partial charge is 0.508 e. The monoisotopic (exact) mass is 526 g/mol. The highest BCUT2D eigenvalue weighted by Gasteiger charge is 2.29. The van der Waals surface area contributed by atoms with Crippen molar-refractivity contribution in [3.8, 4) is 17.0 Å². The molecule has 1 amide bonds. The van der Waals surface area contributed by atoms with Crippen molar-refractivity contribution < 1.29 is 24.2 Å². The smallest absolute Gasteiger partial charge is 0.337 e. The highest BCUT2D eigenvalue weighted by molar-refractivity contribution is 6.00. The first kappa shape index (κ1) is 25.4. The van der Waals surface area contributed by atoms with E-state index in [9.17, 15) is 14.7 Å². The lowest BCUT2D eigenvalue weighted by atomic mass is 9.81. The first-order valence-corrected chi connectivity index (χ1v) is 13.9. The Morgan fingerprint density at radius 1 is 0.949 bits per heavy atom. The van der Waals surface area contributed by atoms with E-state index in [-0.39, 0.29) is 18.2 Å². The summed E-state index contributed by atoms with van der Waals surface area (Å²) in [5, 5.41) is 13.1. The number of amides is 1. The van der Waals surface area contributed by atoms with Crippen molar-refractivity contribution >= 4 is 33.6 Å². The van der Waals surface area contributed by atoms with Crippen molar-refractivity contribution in [1.29, 1.82) is 0 Å². The molecule has 0 bridgehead atoms. The van der Waals surface area contributed by atoms with Gasteiger partial charge < -0.3 is 24.0 Å². The molecule has 2 heterocycles. The maximum Gasteiger partial charge on any atom is 0.337 e. The number of nitrogens with zero attached hydrogens (tertiary/aromatic N) is 2. The maximum absolute atomic E-state index is 13.6. The van der Waals surface area contributed by atoms with E-state index in [0.717, 1.165) is 45.8 Å². The van der Waals surface area contributed by atoms with Crippen LogP contribution in [0.4, 0.5) is 0 Å². The number of morpholine rings is 1. The van der Waals surface area contributed by atoms with E-state index >= 15 is 0 Å². The van der Waals surface area contributed by atoms with Crippen LogP contribution in [0.5, 0.6) is 5.75 Å². The third-order valence-electron chi connectivity index (χ3n) is 8.29. The average molecular weight is 527 g/mol. The molecule has 1 saturated heterocycles. The Hall–Kier alpha value is -3.84. The van der Waals surface area contributed by atoms with Crippen molar-refractivity contribution in [2.45, 2.75) is 44.6 Å². The van der Waals surface area contributed by atoms with Gasteiger partial charge in [0.15, 0.2) is 0 Å². The number of aromatic nitrogens is 1. The van der Waals surface area contributed by atoms with Crippen LogP contribution >= 0.6 is 0 Å². The number of benzene rings is 3. The molecule has 0 unspecified atom stereocenters. The van der Waals surface area contributed by atoms with E-state index in [2.05, 4.69) is 16.7 Å². The number of phenolic OH excluding ortho intramolecular Hbond substituents is 1. The summed E-state index contributed by atoms with van der Waals surface area (Å²) in [5.74, 6) is 0.255. The number of hydrogen-bond acceptors (Lipinski definition) is 5. The van der Waals surface area contributed by atoms with E-state index in [1.165, 1.54) is 31.9 Å². The molecule has 2 fully saturated rings. The topological polar surface area (TPSA) is 81.0 Å². The molecule has 6 rings (SSSR count). The minimum Gasteiger partial charge on any atom is -0.508 e. The Labute approximate surface area is 227 Å². The third kappa shape index (κ3) is 4.87. The van der Waals surface area contributed by atoms with Crippen LogP contribution in [-0.2, 0) is 20.8 Å². The number of carbonyl (C=O) groups excluding carboxylic acids is 2. The summed E-state index contributed by atoms with van der Waals surface area (Å²) in [6, 6.07) is 17.4. The number of aromatic hydroxyl groups is 1. The van der Waals surface area contributed by atoms with E-state index in [4.69, 9.17) is 9.47 Å². The van der Waals surface area contributed by atoms with Gasteiger partial charge in [-0.1, -0.05) is 43.5 Å². The lowest BCUT2D eigenvalue weighted by Crippen LogP contribution is -2.42. The predicted molar refractivity (Wildman–Crippen MR) is 151 cm³/mol. The Morgan fingerprint density at radius 3 is 2.46 bits per heavy atom. The van der Waals surface area contributed by atoms with Gasteiger partial charge in [-0.25, -0.2) is 4.79 Å². The Kier molecular flexibility index (Phi) is 7.00. The normalized spacial score (nSPS) is 16.6. The van der Waals surface area contributed by atoms with E-state index in [0.29, 0.717) is 37.8 Å². The highest BCUT2D eigenvalue weighted by atomic mass is 16.5. The van der Waals surface area contributed by atoms with Crippen molar-refractivity contribution in [1.82, 2.24) is 9.47 Å². The van der Waals surface area contributed by atoms with Gasteiger partial charge in [-0.2, -0.15) is 0 Å². The highest BCUT2D eigenvalue weighted by Crippen LogP contribution is 2.45. The standard InChI is InChI=1S/C32H34N2O5/c1-38-32(37)25-10-12-27-28(19-25)34(20-29(36)33-13-15-39-16-14-33)31(30(27)21-5-3-2-4-6-21)24-8-7-23-18-26(35)11-9-22(23)17-24/h7-12,17-19,21,35H,2-6,13-16,20H2,1H3. The van der Waals surface area contributed by atoms with Crippen LogP contribution in [0.1, 0.15) is 53.9 Å². The zero-order chi connectivity index (χ0) is 26.9. The molecule has 39 heavy (non-hydrogen) atoms. The minimum atomic E-state index is -0.393. The molecule has 3 aromatic carbocycles. The van der Waals surface area contributed by atoms with Crippen LogP contribution < -0.4 is 0 Å². The van der Waals surface area contributed by atoms with Gasteiger partial charge in [-0.3, -0.25) is 4.79 Å². The Bertz CT molecular complexity index is 1540. The second-order valence-electron chi connectivity index (χ2n) is 10.6. The summed E-state index contributed by atoms with van der Waals surface area (Å²) in [5.41, 5.74) is 4.67. The number of hydrogen-bond donors (Lipinski definition) is 1. The lowest BCUT2D eigenvalue weighted by molar-refractivity contribution is -0.135. The third-order valence-corrected chi connectivity index (χ3v) is 8.29. The van der Waals surface area contributed by atoms with Gasteiger partial charge in [0.2, 0.25) is 5.91 Å². The summed E-state index contributed by atoms with van der Waals surface area (Å²) in [6.07, 6.45) is 5.81. The average Bonchev–Trinajstić information content (AvgIpc) is 3.30. The second kappa shape index (κ2) is 10.7. The van der Waals surface area contributed by atoms with Gasteiger partial charge >= 0.3 is 5.97 Å². The first-order chi connectivity index (χ1) is 19.0. The Balaban J connectivity index is 1.59. The minimum absolute atomic E-state index is 0.0424. The van der Waals surface area contributed by atoms with Crippen LogP contribution in [0.3, 0.4) is 0 Å². The van der Waals surface area contributed by atoms with Crippen LogP contribution in [0.15, 0.2) is 54.6 Å². The van der Waals surface area contributed by atoms with Crippen LogP contribution in [0.25, 0.3) is 32.9 Å². The van der Waals surface area contributed by atoms with Crippen LogP contribution in [-0.4, -0.2) is 59.9 Å². The number of rotatable bonds is 5. The molecule has 1 aliphatic heterocycles. The molecule has 7 heteroatoms. The summed E-state index contributed by atoms with van der Waals surface area (Å²) >= 11 is 0. The molecule has 2 aliphatic rings. The molecule has 1 aromatic heterocycles. The zero-order valence-electron chi connectivity index (χ0n) is 22.3. The van der Waals surface area contributed by atoms with Crippen molar-refractivity contribution in [2.75, 3.05) is 33.4 Å². The first-order valence-electron chi connectivity index (χ1n) is 13.9. The molecule has 1 saturated carbocycles. The molecule has 202 valence electrons. The number of phenols is 1. The molecule has 0 atom stereocenters. The zero-order valence-corrected chi connectivity index (χ0v) is 22.3. The van der Waals surface area contributed by atoms with E-state index in [1.54, 1.807) is 12.1 Å². The van der Waals surface area contributed by atoms with E-state index < -0.39 is 5.97 Å². The second-order valence-corrected chi connectivity index (χ2v) is 10.6. The number of carbonyl (C=O) groups is 2. The quantitative estimate of drug-likeness (QED) is 0.330. The van der Waals surface area contributed by atoms with Crippen molar-refractivity contribution in [2.24, 2.45) is 0 Å². The number of ether oxygens (including phenoxy) is 2. The molecular weight excluding hydrogens is 492 g/mol. The van der Waals surface area contributed by atoms with Gasteiger partial charge in [0.25, 0.3) is 0 Å². The fourth-order valence-corrected chi connectivity index (χ4v) is 6.33. The molecule has 1 aliphatic carbocycles. The number of methoxy groups -OCH3 is 1. The fraction of sp³-hybridized carbons (Fsp3) is 0.375.